The number of benzene rings is 1. The van der Waals surface area contributed by atoms with Crippen LogP contribution in [0.3, 0.4) is 0 Å². The quantitative estimate of drug-likeness (QED) is 0.773. The molecule has 7 heteroatoms. The lowest BCUT2D eigenvalue weighted by atomic mass is 10.2. The Bertz CT molecular complexity index is 694. The van der Waals surface area contributed by atoms with E-state index in [1.807, 2.05) is 0 Å². The maximum atomic E-state index is 11.8. The van der Waals surface area contributed by atoms with Gasteiger partial charge in [0.25, 0.3) is 11.5 Å². The molecule has 1 heterocycles. The SMILES string of the molecule is CN(C)C(=O)c1cccc(Nc2nc(O)cc(=O)[nH]2)c1. The van der Waals surface area contributed by atoms with Crippen molar-refractivity contribution in [3.8, 4) is 5.88 Å². The number of hydrogen-bond donors (Lipinski definition) is 3. The summed E-state index contributed by atoms with van der Waals surface area (Å²) in [6, 6.07) is 7.71. The summed E-state index contributed by atoms with van der Waals surface area (Å²) in [7, 11) is 3.33. The van der Waals surface area contributed by atoms with Crippen LogP contribution in [0.1, 0.15) is 10.4 Å². The van der Waals surface area contributed by atoms with Crippen LogP contribution in [0.4, 0.5) is 11.6 Å². The van der Waals surface area contributed by atoms with E-state index < -0.39 is 5.56 Å². The van der Waals surface area contributed by atoms with E-state index in [2.05, 4.69) is 15.3 Å². The normalized spacial score (nSPS) is 10.1. The Morgan fingerprint density at radius 3 is 2.75 bits per heavy atom. The van der Waals surface area contributed by atoms with Crippen molar-refractivity contribution in [1.29, 1.82) is 0 Å². The molecule has 0 saturated heterocycles. The Morgan fingerprint density at radius 1 is 1.35 bits per heavy atom. The first-order valence-electron chi connectivity index (χ1n) is 5.85. The smallest absolute Gasteiger partial charge is 0.256 e. The molecule has 0 spiro atoms. The first-order chi connectivity index (χ1) is 9.45. The topological polar surface area (TPSA) is 98.3 Å². The summed E-state index contributed by atoms with van der Waals surface area (Å²) in [5, 5.41) is 12.1. The zero-order chi connectivity index (χ0) is 14.7. The van der Waals surface area contributed by atoms with Gasteiger partial charge in [-0.05, 0) is 18.2 Å². The number of amides is 1. The highest BCUT2D eigenvalue weighted by Gasteiger charge is 2.08. The predicted octanol–water partition coefficient (Wildman–Crippen LogP) is 0.921. The van der Waals surface area contributed by atoms with E-state index in [0.717, 1.165) is 6.07 Å². The maximum absolute atomic E-state index is 11.8. The minimum Gasteiger partial charge on any atom is -0.493 e. The number of anilines is 2. The fourth-order valence-electron chi connectivity index (χ4n) is 1.63. The van der Waals surface area contributed by atoms with Crippen molar-refractivity contribution in [2.75, 3.05) is 19.4 Å². The number of hydrogen-bond acceptors (Lipinski definition) is 5. The molecule has 1 aromatic heterocycles. The number of H-pyrrole nitrogens is 1. The van der Waals surface area contributed by atoms with Crippen LogP contribution < -0.4 is 10.9 Å². The third kappa shape index (κ3) is 3.14. The van der Waals surface area contributed by atoms with Crippen molar-refractivity contribution in [2.24, 2.45) is 0 Å². The van der Waals surface area contributed by atoms with Crippen molar-refractivity contribution in [3.05, 3.63) is 46.2 Å². The van der Waals surface area contributed by atoms with Crippen LogP contribution >= 0.6 is 0 Å². The van der Waals surface area contributed by atoms with Crippen molar-refractivity contribution in [2.45, 2.75) is 0 Å². The van der Waals surface area contributed by atoms with Gasteiger partial charge in [0.2, 0.25) is 11.8 Å². The Balaban J connectivity index is 2.28. The highest BCUT2D eigenvalue weighted by molar-refractivity contribution is 5.94. The second-order valence-corrected chi connectivity index (χ2v) is 4.36. The lowest BCUT2D eigenvalue weighted by Gasteiger charge is -2.11. The van der Waals surface area contributed by atoms with Crippen molar-refractivity contribution in [1.82, 2.24) is 14.9 Å². The van der Waals surface area contributed by atoms with E-state index >= 15 is 0 Å². The van der Waals surface area contributed by atoms with Crippen molar-refractivity contribution < 1.29 is 9.90 Å². The Kier molecular flexibility index (Phi) is 3.69. The fraction of sp³-hybridized carbons (Fsp3) is 0.154. The first-order valence-corrected chi connectivity index (χ1v) is 5.85. The molecule has 0 aliphatic rings. The van der Waals surface area contributed by atoms with Crippen LogP contribution in [0, 0.1) is 0 Å². The van der Waals surface area contributed by atoms with Crippen LogP contribution in [0.2, 0.25) is 0 Å². The number of nitrogens with zero attached hydrogens (tertiary/aromatic N) is 2. The average molecular weight is 274 g/mol. The molecule has 2 rings (SSSR count). The molecule has 0 saturated carbocycles. The molecule has 104 valence electrons. The molecule has 3 N–H and O–H groups in total. The number of aromatic hydroxyl groups is 1. The highest BCUT2D eigenvalue weighted by atomic mass is 16.3. The molecule has 0 aliphatic heterocycles. The first kappa shape index (κ1) is 13.6. The van der Waals surface area contributed by atoms with Gasteiger partial charge < -0.3 is 15.3 Å². The third-order valence-electron chi connectivity index (χ3n) is 2.51. The van der Waals surface area contributed by atoms with Gasteiger partial charge in [0.15, 0.2) is 0 Å². The molecule has 0 bridgehead atoms. The molecule has 0 atom stereocenters. The minimum absolute atomic E-state index is 0.101. The number of carbonyl (C=O) groups excluding carboxylic acids is 1. The zero-order valence-corrected chi connectivity index (χ0v) is 11.0. The van der Waals surface area contributed by atoms with Crippen LogP contribution in [-0.4, -0.2) is 40.0 Å². The molecule has 0 aliphatic carbocycles. The second-order valence-electron chi connectivity index (χ2n) is 4.36. The summed E-state index contributed by atoms with van der Waals surface area (Å²) >= 11 is 0. The van der Waals surface area contributed by atoms with Gasteiger partial charge in [-0.1, -0.05) is 6.07 Å². The summed E-state index contributed by atoms with van der Waals surface area (Å²) in [5.74, 6) is -0.410. The van der Waals surface area contributed by atoms with Gasteiger partial charge in [-0.15, -0.1) is 0 Å². The number of rotatable bonds is 3. The van der Waals surface area contributed by atoms with E-state index in [-0.39, 0.29) is 17.7 Å². The summed E-state index contributed by atoms with van der Waals surface area (Å²) in [6.45, 7) is 0. The molecule has 7 nitrogen and oxygen atoms in total. The average Bonchev–Trinajstić information content (AvgIpc) is 2.36. The van der Waals surface area contributed by atoms with Gasteiger partial charge >= 0.3 is 0 Å². The van der Waals surface area contributed by atoms with Gasteiger partial charge in [-0.3, -0.25) is 14.6 Å². The summed E-state index contributed by atoms with van der Waals surface area (Å²) in [4.78, 5) is 30.7. The largest absolute Gasteiger partial charge is 0.493 e. The Hall–Kier alpha value is -2.83. The van der Waals surface area contributed by atoms with E-state index in [0.29, 0.717) is 11.3 Å². The molecular weight excluding hydrogens is 260 g/mol. The summed E-state index contributed by atoms with van der Waals surface area (Å²) < 4.78 is 0. The second kappa shape index (κ2) is 5.43. The zero-order valence-electron chi connectivity index (χ0n) is 11.0. The van der Waals surface area contributed by atoms with Gasteiger partial charge in [-0.25, -0.2) is 0 Å². The van der Waals surface area contributed by atoms with E-state index in [1.165, 1.54) is 4.90 Å². The van der Waals surface area contributed by atoms with Crippen LogP contribution in [0.25, 0.3) is 0 Å². The molecule has 0 unspecified atom stereocenters. The van der Waals surface area contributed by atoms with Crippen molar-refractivity contribution in [3.63, 3.8) is 0 Å². The molecule has 1 aromatic carbocycles. The number of aromatic nitrogens is 2. The van der Waals surface area contributed by atoms with Crippen LogP contribution in [0.15, 0.2) is 35.1 Å². The maximum Gasteiger partial charge on any atom is 0.256 e. The summed E-state index contributed by atoms with van der Waals surface area (Å²) in [6.07, 6.45) is 0. The Morgan fingerprint density at radius 2 is 2.10 bits per heavy atom. The molecule has 1 amide bonds. The monoisotopic (exact) mass is 274 g/mol. The Labute approximate surface area is 114 Å². The lowest BCUT2D eigenvalue weighted by molar-refractivity contribution is 0.0827. The molecule has 20 heavy (non-hydrogen) atoms. The highest BCUT2D eigenvalue weighted by Crippen LogP contribution is 2.16. The third-order valence-corrected chi connectivity index (χ3v) is 2.51. The number of carbonyl (C=O) groups is 1. The van der Waals surface area contributed by atoms with Gasteiger partial charge in [0, 0.05) is 25.3 Å². The molecule has 2 aromatic rings. The van der Waals surface area contributed by atoms with E-state index in [4.69, 9.17) is 0 Å². The predicted molar refractivity (Wildman–Crippen MR) is 74.3 cm³/mol. The van der Waals surface area contributed by atoms with E-state index in [1.54, 1.807) is 38.4 Å². The van der Waals surface area contributed by atoms with Gasteiger partial charge in [-0.2, -0.15) is 4.98 Å². The number of aromatic amines is 1. The van der Waals surface area contributed by atoms with Crippen LogP contribution in [0.5, 0.6) is 5.88 Å². The molecular formula is C13H14N4O3. The molecule has 0 radical (unpaired) electrons. The van der Waals surface area contributed by atoms with E-state index in [9.17, 15) is 14.7 Å². The van der Waals surface area contributed by atoms with Crippen LogP contribution in [-0.2, 0) is 0 Å². The lowest BCUT2D eigenvalue weighted by Crippen LogP contribution is -2.21. The molecule has 0 fully saturated rings. The van der Waals surface area contributed by atoms with Gasteiger partial charge in [0.1, 0.15) is 0 Å². The fourth-order valence-corrected chi connectivity index (χ4v) is 1.63. The minimum atomic E-state index is -0.472. The number of nitrogens with one attached hydrogen (secondary N) is 2. The van der Waals surface area contributed by atoms with Crippen molar-refractivity contribution >= 4 is 17.5 Å². The standard InChI is InChI=1S/C13H14N4O3/c1-17(2)12(20)8-4-3-5-9(6-8)14-13-15-10(18)7-11(19)16-13/h3-7H,1-2H3,(H3,14,15,16,18,19). The summed E-state index contributed by atoms with van der Waals surface area (Å²) in [5.41, 5.74) is 0.606. The van der Waals surface area contributed by atoms with Gasteiger partial charge in [0.05, 0.1) is 6.07 Å².